The molecule has 24 heteroatoms. The van der Waals surface area contributed by atoms with Crippen LogP contribution in [0.2, 0.25) is 0 Å². The first-order valence-electron chi connectivity index (χ1n) is 45.8. The third kappa shape index (κ3) is 20.7. The van der Waals surface area contributed by atoms with E-state index in [2.05, 4.69) is 252 Å². The molecule has 12 N–H and O–H groups in total. The monoisotopic (exact) mass is 1810 g/mol. The van der Waals surface area contributed by atoms with E-state index >= 15 is 0 Å². The van der Waals surface area contributed by atoms with Gasteiger partial charge < -0.3 is 61.8 Å². The van der Waals surface area contributed by atoms with Gasteiger partial charge in [-0.15, -0.1) is 13.2 Å². The first-order valence-corrected chi connectivity index (χ1v) is 45.8. The van der Waals surface area contributed by atoms with Gasteiger partial charge in [0.05, 0.1) is 68.3 Å². The molecule has 15 heterocycles. The van der Waals surface area contributed by atoms with Crippen molar-refractivity contribution in [2.75, 3.05) is 41.8 Å². The highest BCUT2D eigenvalue weighted by atomic mass is 16.2. The number of rotatable bonds is 25. The van der Waals surface area contributed by atoms with Crippen molar-refractivity contribution in [2.24, 2.45) is 0 Å². The Morgan fingerprint density at radius 3 is 0.563 bits per heavy atom. The summed E-state index contributed by atoms with van der Waals surface area (Å²) in [4.78, 5) is 126. The van der Waals surface area contributed by atoms with Crippen molar-refractivity contribution in [3.63, 3.8) is 0 Å². The van der Waals surface area contributed by atoms with Crippen LogP contribution in [0, 0.1) is 41.5 Å². The van der Waals surface area contributed by atoms with Crippen LogP contribution in [0.4, 0.5) is 0 Å². The molecule has 696 valence electrons. The molecule has 0 fully saturated rings. The summed E-state index contributed by atoms with van der Waals surface area (Å²) in [6, 6.07) is 24.7. The molecule has 0 saturated carbocycles. The number of aromatic amines is 6. The van der Waals surface area contributed by atoms with E-state index in [1.807, 2.05) is 61.6 Å². The fourth-order valence-corrected chi connectivity index (χ4v) is 18.3. The molecule has 135 heavy (non-hydrogen) atoms. The van der Waals surface area contributed by atoms with Crippen LogP contribution < -0.4 is 31.9 Å². The standard InChI is InChI=1S/C37H42N6O2.2C36H40N6O2.C2H4/c1-9-24-20(4)28-16-29-22(6)27(13-15-37(45)39-11-3)35(42-29)19-34-26(12-14-36(44)38-8)23(7)31(43-34)18-33-25(10-2)21(5)30(41-33)17-32(24)40-28;2*1-9-23-19(3)27-15-28-21(5)25(11-13-35(43)37-7)33(41-28)18-34-26(12-14-36(44)38-8)22(6)30(42-34)17-32-24(10-2)20(4)29(40-32)16-31(23)39-27;1-2/h9-10,16-19,40-41H,1-2,11-15H2,3-8H3,(H,38,44)(H,39,45);2*9-10,15-18,39-40H,1-2,11-14H2,3-8H3,(H,37,43)(H,38,44);1-2H2. The molecule has 0 aliphatic carbocycles. The van der Waals surface area contributed by atoms with E-state index in [-0.39, 0.29) is 35.4 Å². The third-order valence-electron chi connectivity index (χ3n) is 26.5. The summed E-state index contributed by atoms with van der Waals surface area (Å²) in [6.45, 7) is 57.9. The minimum Gasteiger partial charge on any atom is -0.359 e. The fraction of sp³-hybridized carbons (Fsp3) is 0.279. The molecule has 0 saturated heterocycles. The van der Waals surface area contributed by atoms with E-state index in [4.69, 9.17) is 29.9 Å². The molecule has 24 nitrogen and oxygen atoms in total. The molecule has 6 aliphatic heterocycles. The summed E-state index contributed by atoms with van der Waals surface area (Å²) in [5.41, 5.74) is 45.6. The first-order chi connectivity index (χ1) is 64.8. The van der Waals surface area contributed by atoms with Crippen molar-refractivity contribution in [1.29, 1.82) is 0 Å². The van der Waals surface area contributed by atoms with E-state index < -0.39 is 0 Å². The summed E-state index contributed by atoms with van der Waals surface area (Å²) < 4.78 is 0. The van der Waals surface area contributed by atoms with Crippen LogP contribution in [0.5, 0.6) is 0 Å². The number of hydrogen-bond donors (Lipinski definition) is 12. The number of aryl methyl sites for hydroxylation is 6. The number of aromatic nitrogens is 12. The molecule has 0 radical (unpaired) electrons. The second kappa shape index (κ2) is 43.0. The highest BCUT2D eigenvalue weighted by molar-refractivity contribution is 6.03. The summed E-state index contributed by atoms with van der Waals surface area (Å²) in [5, 5.41) is 16.5. The van der Waals surface area contributed by atoms with Gasteiger partial charge in [0.25, 0.3) is 0 Å². The molecule has 0 aromatic carbocycles. The molecule has 6 amide bonds. The van der Waals surface area contributed by atoms with Gasteiger partial charge in [0, 0.05) is 180 Å². The van der Waals surface area contributed by atoms with Gasteiger partial charge in [0.15, 0.2) is 0 Å². The molecule has 0 atom stereocenters. The zero-order valence-electron chi connectivity index (χ0n) is 81.4. The lowest BCUT2D eigenvalue weighted by atomic mass is 9.98. The smallest absolute Gasteiger partial charge is 0.220 e. The molecular weight excluding hydrogens is 1680 g/mol. The van der Waals surface area contributed by atoms with Crippen LogP contribution in [0.1, 0.15) is 261 Å². The predicted molar refractivity (Wildman–Crippen MR) is 563 cm³/mol. The number of fused-ring (bicyclic) bond motifs is 24. The van der Waals surface area contributed by atoms with Crippen molar-refractivity contribution in [2.45, 2.75) is 167 Å². The molecule has 0 spiro atoms. The highest BCUT2D eigenvalue weighted by Gasteiger charge is 2.29. The number of H-pyrrole nitrogens is 6. The molecule has 0 unspecified atom stereocenters. The zero-order chi connectivity index (χ0) is 97.8. The van der Waals surface area contributed by atoms with E-state index in [1.165, 1.54) is 0 Å². The highest BCUT2D eigenvalue weighted by Crippen LogP contribution is 2.44. The van der Waals surface area contributed by atoms with E-state index in [1.54, 1.807) is 35.2 Å². The van der Waals surface area contributed by atoms with Crippen LogP contribution in [0.3, 0.4) is 0 Å². The maximum Gasteiger partial charge on any atom is 0.220 e. The molecule has 15 rings (SSSR count). The fourth-order valence-electron chi connectivity index (χ4n) is 18.3. The Morgan fingerprint density at radius 1 is 0.244 bits per heavy atom. The van der Waals surface area contributed by atoms with Crippen LogP contribution in [-0.4, -0.2) is 137 Å². The lowest BCUT2D eigenvalue weighted by Gasteiger charge is -2.07. The topological polar surface area (TPSA) is 347 Å². The quantitative estimate of drug-likeness (QED) is 0.0238. The second-order valence-electron chi connectivity index (χ2n) is 34.1. The van der Waals surface area contributed by atoms with Gasteiger partial charge in [-0.3, -0.25) is 28.8 Å². The number of nitrogens with one attached hydrogen (secondary N) is 12. The van der Waals surface area contributed by atoms with Gasteiger partial charge in [0.1, 0.15) is 0 Å². The number of allylic oxidation sites excluding steroid dienone is 12. The lowest BCUT2D eigenvalue weighted by molar-refractivity contribution is -0.121. The van der Waals surface area contributed by atoms with Crippen LogP contribution >= 0.6 is 0 Å². The predicted octanol–water partition coefficient (Wildman–Crippen LogP) is 22.6. The SMILES string of the molecule is C=C.C=Cc1c(C)c2cc3[nH]c(cc4nc(cc5nc(cc1[nH]2)C(C)=C5CCC(=O)NC)C(CCC(=O)NC)=C4C)c(C)c3C=C.C=Cc1c(C)c2cc3[nH]c(cc4nc(cc5nc(cc1[nH]2)C(C)=C5CCC(=O)NC)C(CCC(=O)NC)=C4C)c(C)c3C=C.C=Cc1c(C)c2cc3[nH]c(cc4nc(cc5nc(cc1[nH]2)C(C)=C5CCC(=O)NC)C(CCC(=O)NCC)=C4C)c(C)c3C=C. The van der Waals surface area contributed by atoms with Gasteiger partial charge >= 0.3 is 0 Å². The first kappa shape index (κ1) is 98.8. The summed E-state index contributed by atoms with van der Waals surface area (Å²) in [7, 11) is 8.25. The van der Waals surface area contributed by atoms with Crippen LogP contribution in [0.15, 0.2) is 125 Å². The Morgan fingerprint density at radius 2 is 0.400 bits per heavy atom. The van der Waals surface area contributed by atoms with Gasteiger partial charge in [-0.05, 0) is 302 Å². The average molecular weight is 1810 g/mol. The Bertz CT molecular complexity index is 6950. The number of nitrogens with zero attached hydrogens (tertiary/aromatic N) is 6. The Kier molecular flexibility index (Phi) is 31.5. The molecule has 9 aromatic heterocycles. The molecular formula is C111H126N18O6. The van der Waals surface area contributed by atoms with Gasteiger partial charge in [-0.1, -0.05) is 75.9 Å². The van der Waals surface area contributed by atoms with E-state index in [0.717, 1.165) is 268 Å². The maximum absolute atomic E-state index is 12.5. The maximum atomic E-state index is 12.5. The summed E-state index contributed by atoms with van der Waals surface area (Å²) in [6.07, 6.45) is 16.6. The Hall–Kier alpha value is -15.2. The Balaban J connectivity index is 0.000000180. The number of carbonyl (C=O) groups is 6. The molecule has 9 aromatic rings. The Labute approximate surface area is 790 Å². The van der Waals surface area contributed by atoms with Crippen molar-refractivity contribution in [1.82, 2.24) is 91.7 Å². The largest absolute Gasteiger partial charge is 0.359 e. The van der Waals surface area contributed by atoms with Crippen molar-refractivity contribution in [3.05, 3.63) is 261 Å². The van der Waals surface area contributed by atoms with Gasteiger partial charge in [-0.25, -0.2) is 29.9 Å². The van der Waals surface area contributed by atoms with E-state index in [0.29, 0.717) is 83.6 Å². The minimum absolute atomic E-state index is 0.00729. The lowest BCUT2D eigenvalue weighted by Crippen LogP contribution is -2.22. The van der Waals surface area contributed by atoms with Crippen LogP contribution in [0.25, 0.3) is 170 Å². The van der Waals surface area contributed by atoms with Crippen molar-refractivity contribution < 1.29 is 28.8 Å². The zero-order valence-corrected chi connectivity index (χ0v) is 81.4. The minimum atomic E-state index is -0.0283. The number of hydrogen-bond acceptors (Lipinski definition) is 12. The van der Waals surface area contributed by atoms with Crippen molar-refractivity contribution >= 4 is 205 Å². The number of amides is 6. The molecule has 6 aliphatic rings. The van der Waals surface area contributed by atoms with Crippen LogP contribution in [-0.2, 0) is 28.8 Å². The normalized spacial score (nSPS) is 12.7. The summed E-state index contributed by atoms with van der Waals surface area (Å²) in [5.74, 6) is -0.131. The van der Waals surface area contributed by atoms with Gasteiger partial charge in [-0.2, -0.15) is 0 Å². The average Bonchev–Trinajstić information content (AvgIpc) is 1.62. The molecule has 24 bridgehead atoms. The van der Waals surface area contributed by atoms with Crippen molar-refractivity contribution in [3.8, 4) is 0 Å². The second-order valence-corrected chi connectivity index (χ2v) is 34.1. The van der Waals surface area contributed by atoms with Gasteiger partial charge in [0.2, 0.25) is 35.4 Å². The van der Waals surface area contributed by atoms with E-state index in [9.17, 15) is 28.8 Å². The number of carbonyl (C=O) groups excluding carboxylic acids is 6. The third-order valence-corrected chi connectivity index (χ3v) is 26.5. The summed E-state index contributed by atoms with van der Waals surface area (Å²) >= 11 is 0.